The van der Waals surface area contributed by atoms with Crippen LogP contribution in [-0.4, -0.2) is 46.0 Å². The summed E-state index contributed by atoms with van der Waals surface area (Å²) < 4.78 is 18.2. The van der Waals surface area contributed by atoms with Gasteiger partial charge in [0.05, 0.1) is 6.54 Å². The number of carbonyl (C=O) groups excluding carboxylic acids is 1. The molecule has 1 aromatic carbocycles. The van der Waals surface area contributed by atoms with Gasteiger partial charge in [0.15, 0.2) is 0 Å². The highest BCUT2D eigenvalue weighted by atomic mass is 19.1. The molecule has 0 spiro atoms. The third-order valence-electron chi connectivity index (χ3n) is 3.70. The van der Waals surface area contributed by atoms with Crippen molar-refractivity contribution >= 4 is 6.09 Å². The number of amides is 1. The maximum absolute atomic E-state index is 13.0. The smallest absolute Gasteiger partial charge is 0.410 e. The van der Waals surface area contributed by atoms with Gasteiger partial charge in [-0.3, -0.25) is 0 Å². The molecule has 2 N–H and O–H groups in total. The number of benzene rings is 1. The Morgan fingerprint density at radius 3 is 2.45 bits per heavy atom. The van der Waals surface area contributed by atoms with E-state index in [2.05, 4.69) is 0 Å². The van der Waals surface area contributed by atoms with Crippen LogP contribution in [0.1, 0.15) is 32.8 Å². The van der Waals surface area contributed by atoms with Crippen molar-refractivity contribution in [1.29, 1.82) is 0 Å². The molecule has 1 aliphatic heterocycles. The number of carbonyl (C=O) groups is 1. The number of aliphatic hydroxyl groups excluding tert-OH is 1. The molecule has 0 unspecified atom stereocenters. The molecule has 0 bridgehead atoms. The molecule has 22 heavy (non-hydrogen) atoms. The summed E-state index contributed by atoms with van der Waals surface area (Å²) in [6, 6.07) is 5.36. The summed E-state index contributed by atoms with van der Waals surface area (Å²) in [5.41, 5.74) is -1.68. The SMILES string of the molecule is CC(C)(C)OC(=O)N1CC[C@](O)(c2ccc(F)cc2)[C@@H](O)C1. The van der Waals surface area contributed by atoms with E-state index in [0.717, 1.165) is 0 Å². The normalized spacial score (nSPS) is 25.9. The van der Waals surface area contributed by atoms with E-state index in [4.69, 9.17) is 4.74 Å². The second-order valence-corrected chi connectivity index (χ2v) is 6.62. The maximum Gasteiger partial charge on any atom is 0.410 e. The van der Waals surface area contributed by atoms with Crippen molar-refractivity contribution in [3.63, 3.8) is 0 Å². The fraction of sp³-hybridized carbons (Fsp3) is 0.562. The molecule has 0 saturated carbocycles. The van der Waals surface area contributed by atoms with Crippen LogP contribution in [0.3, 0.4) is 0 Å². The van der Waals surface area contributed by atoms with Gasteiger partial charge >= 0.3 is 6.09 Å². The standard InChI is InChI=1S/C16H22FNO4/c1-15(2,3)22-14(20)18-9-8-16(21,13(19)10-18)11-4-6-12(17)7-5-11/h4-7,13,19,21H,8-10H2,1-3H3/t13-,16-/m0/s1. The van der Waals surface area contributed by atoms with E-state index in [9.17, 15) is 19.4 Å². The zero-order chi connectivity index (χ0) is 16.5. The number of piperidine rings is 1. The Kier molecular flexibility index (Phi) is 4.44. The number of ether oxygens (including phenoxy) is 1. The number of hydrogen-bond donors (Lipinski definition) is 2. The van der Waals surface area contributed by atoms with E-state index in [0.29, 0.717) is 5.56 Å². The topological polar surface area (TPSA) is 70.0 Å². The zero-order valence-corrected chi connectivity index (χ0v) is 13.0. The minimum absolute atomic E-state index is 0.0389. The highest BCUT2D eigenvalue weighted by Gasteiger charge is 2.43. The first-order valence-electron chi connectivity index (χ1n) is 7.26. The molecule has 2 rings (SSSR count). The Labute approximate surface area is 129 Å². The van der Waals surface area contributed by atoms with E-state index >= 15 is 0 Å². The Hall–Kier alpha value is -1.66. The van der Waals surface area contributed by atoms with Crippen LogP contribution in [0, 0.1) is 5.82 Å². The van der Waals surface area contributed by atoms with Gasteiger partial charge in [0.25, 0.3) is 0 Å². The first kappa shape index (κ1) is 16.7. The third kappa shape index (κ3) is 3.56. The fourth-order valence-electron chi connectivity index (χ4n) is 2.49. The molecule has 5 nitrogen and oxygen atoms in total. The second-order valence-electron chi connectivity index (χ2n) is 6.62. The minimum Gasteiger partial charge on any atom is -0.444 e. The molecule has 2 atom stereocenters. The van der Waals surface area contributed by atoms with Crippen LogP contribution >= 0.6 is 0 Å². The molecular formula is C16H22FNO4. The van der Waals surface area contributed by atoms with Crippen molar-refractivity contribution in [3.8, 4) is 0 Å². The van der Waals surface area contributed by atoms with Gasteiger partial charge in [0.1, 0.15) is 23.1 Å². The lowest BCUT2D eigenvalue weighted by molar-refractivity contribution is -0.123. The van der Waals surface area contributed by atoms with E-state index in [1.54, 1.807) is 20.8 Å². The lowest BCUT2D eigenvalue weighted by Crippen LogP contribution is -2.55. The van der Waals surface area contributed by atoms with Gasteiger partial charge < -0.3 is 19.8 Å². The second kappa shape index (κ2) is 5.85. The van der Waals surface area contributed by atoms with E-state index in [-0.39, 0.29) is 19.5 Å². The molecule has 0 aliphatic carbocycles. The van der Waals surface area contributed by atoms with Crippen molar-refractivity contribution in [3.05, 3.63) is 35.6 Å². The van der Waals surface area contributed by atoms with E-state index in [1.165, 1.54) is 29.2 Å². The van der Waals surface area contributed by atoms with Gasteiger partial charge in [0, 0.05) is 13.0 Å². The van der Waals surface area contributed by atoms with Crippen LogP contribution in [-0.2, 0) is 10.3 Å². The molecule has 6 heteroatoms. The minimum atomic E-state index is -1.49. The molecule has 1 amide bonds. The average molecular weight is 311 g/mol. The maximum atomic E-state index is 13.0. The van der Waals surface area contributed by atoms with Gasteiger partial charge in [-0.25, -0.2) is 9.18 Å². The summed E-state index contributed by atoms with van der Waals surface area (Å²) in [5, 5.41) is 21.0. The Bertz CT molecular complexity index is 540. The Morgan fingerprint density at radius 2 is 1.95 bits per heavy atom. The quantitative estimate of drug-likeness (QED) is 0.832. The predicted octanol–water partition coefficient (Wildman–Crippen LogP) is 2.02. The molecule has 0 aromatic heterocycles. The van der Waals surface area contributed by atoms with Crippen LogP contribution in [0.5, 0.6) is 0 Å². The summed E-state index contributed by atoms with van der Waals surface area (Å²) in [7, 11) is 0. The van der Waals surface area contributed by atoms with Crippen LogP contribution in [0.15, 0.2) is 24.3 Å². The highest BCUT2D eigenvalue weighted by Crippen LogP contribution is 2.33. The zero-order valence-electron chi connectivity index (χ0n) is 13.0. The van der Waals surface area contributed by atoms with Crippen LogP contribution < -0.4 is 0 Å². The lowest BCUT2D eigenvalue weighted by Gasteiger charge is -2.42. The predicted molar refractivity (Wildman–Crippen MR) is 78.7 cm³/mol. The Balaban J connectivity index is 2.09. The summed E-state index contributed by atoms with van der Waals surface area (Å²) in [5.74, 6) is -0.409. The summed E-state index contributed by atoms with van der Waals surface area (Å²) in [6.45, 7) is 5.50. The number of nitrogens with zero attached hydrogens (tertiary/aromatic N) is 1. The average Bonchev–Trinajstić information content (AvgIpc) is 2.40. The molecule has 1 heterocycles. The molecule has 1 fully saturated rings. The fourth-order valence-corrected chi connectivity index (χ4v) is 2.49. The van der Waals surface area contributed by atoms with Crippen LogP contribution in [0.4, 0.5) is 9.18 Å². The first-order chi connectivity index (χ1) is 10.1. The van der Waals surface area contributed by atoms with E-state index in [1.807, 2.05) is 0 Å². The molecular weight excluding hydrogens is 289 g/mol. The van der Waals surface area contributed by atoms with Crippen molar-refractivity contribution in [2.24, 2.45) is 0 Å². The van der Waals surface area contributed by atoms with Gasteiger partial charge in [0.2, 0.25) is 0 Å². The molecule has 1 saturated heterocycles. The largest absolute Gasteiger partial charge is 0.444 e. The van der Waals surface area contributed by atoms with Gasteiger partial charge in [-0.2, -0.15) is 0 Å². The van der Waals surface area contributed by atoms with Crippen molar-refractivity contribution < 1.29 is 24.1 Å². The van der Waals surface area contributed by atoms with Crippen LogP contribution in [0.25, 0.3) is 0 Å². The molecule has 1 aliphatic rings. The first-order valence-corrected chi connectivity index (χ1v) is 7.26. The number of likely N-dealkylation sites (tertiary alicyclic amines) is 1. The summed E-state index contributed by atoms with van der Waals surface area (Å²) in [4.78, 5) is 13.4. The molecule has 0 radical (unpaired) electrons. The highest BCUT2D eigenvalue weighted by molar-refractivity contribution is 5.68. The van der Waals surface area contributed by atoms with Crippen molar-refractivity contribution in [2.75, 3.05) is 13.1 Å². The van der Waals surface area contributed by atoms with Gasteiger partial charge in [-0.1, -0.05) is 12.1 Å². The van der Waals surface area contributed by atoms with Crippen molar-refractivity contribution in [2.45, 2.75) is 44.5 Å². The van der Waals surface area contributed by atoms with Gasteiger partial charge in [-0.05, 0) is 38.5 Å². The number of aliphatic hydroxyl groups is 2. The number of β-amino-alcohol motifs (C(OH)–C–C–N with tert-alkyl or cyclic N) is 1. The molecule has 122 valence electrons. The Morgan fingerprint density at radius 1 is 1.36 bits per heavy atom. The lowest BCUT2D eigenvalue weighted by atomic mass is 9.82. The van der Waals surface area contributed by atoms with E-state index < -0.39 is 29.2 Å². The molecule has 1 aromatic rings. The number of hydrogen-bond acceptors (Lipinski definition) is 4. The number of rotatable bonds is 1. The third-order valence-corrected chi connectivity index (χ3v) is 3.70. The monoisotopic (exact) mass is 311 g/mol. The summed E-state index contributed by atoms with van der Waals surface area (Å²) >= 11 is 0. The summed E-state index contributed by atoms with van der Waals surface area (Å²) in [6.07, 6.45) is -1.54. The number of halogens is 1. The van der Waals surface area contributed by atoms with Crippen molar-refractivity contribution in [1.82, 2.24) is 4.90 Å². The van der Waals surface area contributed by atoms with Gasteiger partial charge in [-0.15, -0.1) is 0 Å². The van der Waals surface area contributed by atoms with Crippen LogP contribution in [0.2, 0.25) is 0 Å².